The van der Waals surface area contributed by atoms with Gasteiger partial charge < -0.3 is 10.6 Å². The molecule has 0 aliphatic carbocycles. The van der Waals surface area contributed by atoms with Gasteiger partial charge in [-0.15, -0.1) is 0 Å². The van der Waals surface area contributed by atoms with Crippen LogP contribution in [-0.4, -0.2) is 45.9 Å². The monoisotopic (exact) mass is 392 g/mol. The minimum absolute atomic E-state index is 0.176. The summed E-state index contributed by atoms with van der Waals surface area (Å²) in [6.07, 6.45) is 10.9. The molecule has 0 fully saturated rings. The zero-order chi connectivity index (χ0) is 20.6. The van der Waals surface area contributed by atoms with Gasteiger partial charge in [-0.3, -0.25) is 19.3 Å². The van der Waals surface area contributed by atoms with Crippen LogP contribution in [0, 0.1) is 0 Å². The number of nitrogens with zero attached hydrogens (tertiary/aromatic N) is 4. The van der Waals surface area contributed by atoms with E-state index in [-0.39, 0.29) is 17.3 Å². The van der Waals surface area contributed by atoms with Gasteiger partial charge in [-0.2, -0.15) is 5.10 Å². The molecule has 0 saturated heterocycles. The summed E-state index contributed by atoms with van der Waals surface area (Å²) in [4.78, 5) is 34.1. The molecular formula is C21H24N6O2. The average Bonchev–Trinajstić information content (AvgIpc) is 3.09. The average molecular weight is 392 g/mol. The van der Waals surface area contributed by atoms with Gasteiger partial charge >= 0.3 is 0 Å². The van der Waals surface area contributed by atoms with Gasteiger partial charge in [0.15, 0.2) is 5.69 Å². The molecule has 0 atom stereocenters. The maximum absolute atomic E-state index is 12.7. The number of carbonyl (C=O) groups is 2. The fourth-order valence-electron chi connectivity index (χ4n) is 2.85. The molecule has 2 amide bonds. The number of hydrogen-bond acceptors (Lipinski definition) is 5. The number of carbonyl (C=O) groups excluding carboxylic acids is 2. The molecule has 0 aromatic carbocycles. The second kappa shape index (κ2) is 9.59. The SMILES string of the molecule is C/C=C1\C=N/C/C=C/CCCNC(=O)c2nn(C)cc2NC(=O)c2cccc1n2. The van der Waals surface area contributed by atoms with E-state index in [1.165, 1.54) is 4.68 Å². The summed E-state index contributed by atoms with van der Waals surface area (Å²) in [6, 6.07) is 5.22. The van der Waals surface area contributed by atoms with Crippen LogP contribution in [0.2, 0.25) is 0 Å². The minimum Gasteiger partial charge on any atom is -0.351 e. The molecule has 29 heavy (non-hydrogen) atoms. The number of fused-ring (bicyclic) bond motifs is 3. The predicted octanol–water partition coefficient (Wildman–Crippen LogP) is 2.62. The van der Waals surface area contributed by atoms with E-state index < -0.39 is 5.91 Å². The smallest absolute Gasteiger partial charge is 0.274 e. The standard InChI is InChI=1S/C21H24N6O2/c1-3-15-13-22-11-6-4-5-7-12-23-21(29)19-18(14-27(2)26-19)25-20(28)17-10-8-9-16(15)24-17/h3-4,6,8-10,13-14H,5,7,11-12H2,1-2H3,(H,23,29)(H,25,28)/b6-4+,15-3+,22-13-. The van der Waals surface area contributed by atoms with Crippen molar-refractivity contribution in [1.82, 2.24) is 20.1 Å². The Morgan fingerprint density at radius 2 is 1.97 bits per heavy atom. The first-order valence-corrected chi connectivity index (χ1v) is 9.50. The number of anilines is 1. The predicted molar refractivity (Wildman–Crippen MR) is 113 cm³/mol. The molecule has 1 aliphatic heterocycles. The Balaban J connectivity index is 1.95. The molecule has 1 aliphatic rings. The van der Waals surface area contributed by atoms with E-state index >= 15 is 0 Å². The lowest BCUT2D eigenvalue weighted by Gasteiger charge is -2.08. The van der Waals surface area contributed by atoms with Crippen molar-refractivity contribution in [3.8, 4) is 0 Å². The molecule has 2 aromatic rings. The van der Waals surface area contributed by atoms with E-state index in [1.807, 2.05) is 31.2 Å². The quantitative estimate of drug-likeness (QED) is 0.673. The molecule has 2 aromatic heterocycles. The Bertz CT molecular complexity index is 987. The third-order valence-electron chi connectivity index (χ3n) is 4.32. The first kappa shape index (κ1) is 20.2. The number of aliphatic imine (C=N–C) groups is 1. The summed E-state index contributed by atoms with van der Waals surface area (Å²) in [5.41, 5.74) is 2.24. The van der Waals surface area contributed by atoms with Crippen molar-refractivity contribution >= 4 is 29.3 Å². The Kier molecular flexibility index (Phi) is 6.67. The van der Waals surface area contributed by atoms with E-state index in [4.69, 9.17) is 0 Å². The highest BCUT2D eigenvalue weighted by atomic mass is 16.2. The lowest BCUT2D eigenvalue weighted by molar-refractivity contribution is 0.0948. The van der Waals surface area contributed by atoms with Gasteiger partial charge in [0.1, 0.15) is 5.69 Å². The van der Waals surface area contributed by atoms with Crippen LogP contribution in [0.5, 0.6) is 0 Å². The van der Waals surface area contributed by atoms with E-state index in [0.717, 1.165) is 18.4 Å². The molecule has 8 heteroatoms. The third kappa shape index (κ3) is 5.25. The molecule has 0 spiro atoms. The summed E-state index contributed by atoms with van der Waals surface area (Å²) in [6.45, 7) is 2.97. The first-order chi connectivity index (χ1) is 14.1. The fourth-order valence-corrected chi connectivity index (χ4v) is 2.85. The van der Waals surface area contributed by atoms with Crippen LogP contribution in [0.3, 0.4) is 0 Å². The number of aryl methyl sites for hydroxylation is 1. The van der Waals surface area contributed by atoms with Gasteiger partial charge in [0.05, 0.1) is 17.9 Å². The minimum atomic E-state index is -0.412. The molecule has 2 bridgehead atoms. The van der Waals surface area contributed by atoms with Crippen molar-refractivity contribution in [2.24, 2.45) is 12.0 Å². The Hall–Kier alpha value is -3.55. The van der Waals surface area contributed by atoms with Crippen LogP contribution in [0.25, 0.3) is 5.57 Å². The van der Waals surface area contributed by atoms with E-state index in [0.29, 0.717) is 24.5 Å². The number of nitrogens with one attached hydrogen (secondary N) is 2. The summed E-state index contributed by atoms with van der Waals surface area (Å²) in [5, 5.41) is 9.77. The lowest BCUT2D eigenvalue weighted by Crippen LogP contribution is -2.26. The van der Waals surface area contributed by atoms with Gasteiger partial charge in [0.25, 0.3) is 11.8 Å². The van der Waals surface area contributed by atoms with Gasteiger partial charge in [-0.05, 0) is 31.9 Å². The third-order valence-corrected chi connectivity index (χ3v) is 4.32. The van der Waals surface area contributed by atoms with E-state index in [2.05, 4.69) is 25.7 Å². The number of rotatable bonds is 0. The number of amides is 2. The summed E-state index contributed by atoms with van der Waals surface area (Å²) in [5.74, 6) is -0.737. The Morgan fingerprint density at radius 1 is 1.14 bits per heavy atom. The van der Waals surface area contributed by atoms with Crippen molar-refractivity contribution < 1.29 is 9.59 Å². The second-order valence-electron chi connectivity index (χ2n) is 6.54. The van der Waals surface area contributed by atoms with Crippen molar-refractivity contribution in [3.63, 3.8) is 0 Å². The van der Waals surface area contributed by atoms with Crippen molar-refractivity contribution in [1.29, 1.82) is 0 Å². The summed E-state index contributed by atoms with van der Waals surface area (Å²) in [7, 11) is 1.70. The maximum atomic E-state index is 12.7. The highest BCUT2D eigenvalue weighted by Crippen LogP contribution is 2.16. The molecule has 0 saturated carbocycles. The van der Waals surface area contributed by atoms with E-state index in [1.54, 1.807) is 31.6 Å². The molecule has 2 N–H and O–H groups in total. The lowest BCUT2D eigenvalue weighted by atomic mass is 10.1. The van der Waals surface area contributed by atoms with Crippen LogP contribution < -0.4 is 10.6 Å². The number of pyridine rings is 1. The maximum Gasteiger partial charge on any atom is 0.274 e. The molecule has 0 radical (unpaired) electrons. The normalized spacial score (nSPS) is 19.4. The number of aromatic nitrogens is 3. The van der Waals surface area contributed by atoms with Gasteiger partial charge in [0.2, 0.25) is 0 Å². The van der Waals surface area contributed by atoms with Crippen molar-refractivity contribution in [2.75, 3.05) is 18.4 Å². The zero-order valence-corrected chi connectivity index (χ0v) is 16.6. The van der Waals surface area contributed by atoms with Crippen molar-refractivity contribution in [3.05, 3.63) is 59.7 Å². The first-order valence-electron chi connectivity index (χ1n) is 9.50. The van der Waals surface area contributed by atoms with Gasteiger partial charge in [-0.25, -0.2) is 4.98 Å². The van der Waals surface area contributed by atoms with E-state index in [9.17, 15) is 9.59 Å². The largest absolute Gasteiger partial charge is 0.351 e. The summed E-state index contributed by atoms with van der Waals surface area (Å²) < 4.78 is 1.49. The van der Waals surface area contributed by atoms with Gasteiger partial charge in [-0.1, -0.05) is 24.3 Å². The van der Waals surface area contributed by atoms with Crippen LogP contribution in [0.4, 0.5) is 5.69 Å². The highest BCUT2D eigenvalue weighted by molar-refractivity contribution is 6.10. The second-order valence-corrected chi connectivity index (χ2v) is 6.54. The van der Waals surface area contributed by atoms with Crippen LogP contribution in [0.15, 0.2) is 47.6 Å². The molecule has 150 valence electrons. The number of hydrogen-bond donors (Lipinski definition) is 2. The Labute approximate surface area is 169 Å². The van der Waals surface area contributed by atoms with Crippen LogP contribution >= 0.6 is 0 Å². The topological polar surface area (TPSA) is 101 Å². The fraction of sp³-hybridized carbons (Fsp3) is 0.286. The zero-order valence-electron chi connectivity index (χ0n) is 16.6. The molecule has 3 rings (SSSR count). The molecule has 8 nitrogen and oxygen atoms in total. The van der Waals surface area contributed by atoms with Crippen molar-refractivity contribution in [2.45, 2.75) is 19.8 Å². The van der Waals surface area contributed by atoms with Gasteiger partial charge in [0, 0.05) is 31.6 Å². The summed E-state index contributed by atoms with van der Waals surface area (Å²) >= 11 is 0. The molecular weight excluding hydrogens is 368 g/mol. The molecule has 0 unspecified atom stereocenters. The highest BCUT2D eigenvalue weighted by Gasteiger charge is 2.19. The Morgan fingerprint density at radius 3 is 2.79 bits per heavy atom. The van der Waals surface area contributed by atoms with Crippen LogP contribution in [0.1, 0.15) is 46.4 Å². The number of allylic oxidation sites excluding steroid dienone is 3. The van der Waals surface area contributed by atoms with Crippen LogP contribution in [-0.2, 0) is 7.05 Å². The molecule has 3 heterocycles.